The number of unbranched alkanes of at least 4 members (excludes halogenated alkanes) is 1. The van der Waals surface area contributed by atoms with Gasteiger partial charge in [0.2, 0.25) is 0 Å². The smallest absolute Gasteiger partial charge is 0.0576 e. The molecule has 0 amide bonds. The van der Waals surface area contributed by atoms with Crippen molar-refractivity contribution in [2.75, 3.05) is 18.0 Å². The average molecular weight is 437 g/mol. The van der Waals surface area contributed by atoms with Crippen LogP contribution in [0.15, 0.2) is 119 Å². The lowest BCUT2D eigenvalue weighted by atomic mass is 9.98. The Bertz CT molecular complexity index is 1060. The van der Waals surface area contributed by atoms with E-state index in [1.54, 1.807) is 0 Å². The maximum atomic E-state index is 3.81. The Labute approximate surface area is 195 Å². The first-order valence-electron chi connectivity index (χ1n) is 11.4. The summed E-state index contributed by atoms with van der Waals surface area (Å²) in [6, 6.07) is 39.2. The van der Waals surface area contributed by atoms with Crippen LogP contribution in [0, 0.1) is 0 Å². The van der Waals surface area contributed by atoms with Crippen LogP contribution in [0.1, 0.15) is 30.0 Å². The van der Waals surface area contributed by atoms with Crippen molar-refractivity contribution in [2.24, 2.45) is 0 Å². The van der Waals surface area contributed by atoms with E-state index in [2.05, 4.69) is 119 Å². The molecule has 0 saturated carbocycles. The Balaban J connectivity index is 1.24. The molecule has 1 aliphatic heterocycles. The Kier molecular flexibility index (Phi) is 6.57. The molecule has 0 fully saturated rings. The van der Waals surface area contributed by atoms with E-state index in [1.807, 2.05) is 11.8 Å². The lowest BCUT2D eigenvalue weighted by molar-refractivity contribution is 0.570. The molecule has 1 heterocycles. The second-order valence-corrected chi connectivity index (χ2v) is 9.19. The molecule has 0 atom stereocenters. The van der Waals surface area contributed by atoms with E-state index in [9.17, 15) is 0 Å². The fraction of sp³-hybridized carbons (Fsp3) is 0.172. The maximum absolute atomic E-state index is 3.81. The highest BCUT2D eigenvalue weighted by molar-refractivity contribution is 7.99. The standard InChI is InChI=1S/C29H28N2S/c1-3-13-23(14-4-1)29(24-15-5-2-6-16-24)30-21-11-12-22-31-25-17-7-9-19-27(25)32-28-20-10-8-18-26(28)31/h1-10,13-20,29-30H,11-12,21-22H2. The van der Waals surface area contributed by atoms with Crippen LogP contribution in [0.4, 0.5) is 11.4 Å². The molecule has 32 heavy (non-hydrogen) atoms. The number of benzene rings is 4. The molecule has 4 aromatic rings. The van der Waals surface area contributed by atoms with Gasteiger partial charge in [-0.05, 0) is 54.8 Å². The number of hydrogen-bond donors (Lipinski definition) is 1. The van der Waals surface area contributed by atoms with Crippen molar-refractivity contribution in [3.8, 4) is 0 Å². The number of rotatable bonds is 8. The molecule has 0 spiro atoms. The number of anilines is 2. The largest absolute Gasteiger partial charge is 0.340 e. The quantitative estimate of drug-likeness (QED) is 0.289. The van der Waals surface area contributed by atoms with Crippen LogP contribution >= 0.6 is 11.8 Å². The normalized spacial score (nSPS) is 12.5. The monoisotopic (exact) mass is 436 g/mol. The fourth-order valence-electron chi connectivity index (χ4n) is 4.38. The number of nitrogens with one attached hydrogen (secondary N) is 1. The molecule has 0 aliphatic carbocycles. The number of nitrogens with zero attached hydrogens (tertiary/aromatic N) is 1. The summed E-state index contributed by atoms with van der Waals surface area (Å²) in [5, 5.41) is 3.81. The predicted octanol–water partition coefficient (Wildman–Crippen LogP) is 7.45. The summed E-state index contributed by atoms with van der Waals surface area (Å²) in [7, 11) is 0. The molecule has 0 bridgehead atoms. The molecular weight excluding hydrogens is 408 g/mol. The van der Waals surface area contributed by atoms with Gasteiger partial charge >= 0.3 is 0 Å². The van der Waals surface area contributed by atoms with Gasteiger partial charge in [0.05, 0.1) is 17.4 Å². The average Bonchev–Trinajstić information content (AvgIpc) is 2.86. The molecule has 4 aromatic carbocycles. The van der Waals surface area contributed by atoms with Gasteiger partial charge in [-0.3, -0.25) is 0 Å². The molecular formula is C29H28N2S. The summed E-state index contributed by atoms with van der Waals surface area (Å²) in [6.07, 6.45) is 2.26. The topological polar surface area (TPSA) is 15.3 Å². The zero-order valence-electron chi connectivity index (χ0n) is 18.2. The van der Waals surface area contributed by atoms with E-state index >= 15 is 0 Å². The van der Waals surface area contributed by atoms with Gasteiger partial charge in [-0.1, -0.05) is 96.7 Å². The summed E-state index contributed by atoms with van der Waals surface area (Å²) in [5.74, 6) is 0. The molecule has 0 saturated heterocycles. The van der Waals surface area contributed by atoms with E-state index < -0.39 is 0 Å². The van der Waals surface area contributed by atoms with Crippen LogP contribution in [0.5, 0.6) is 0 Å². The Hall–Kier alpha value is -3.01. The second kappa shape index (κ2) is 10.1. The van der Waals surface area contributed by atoms with Crippen LogP contribution in [0.2, 0.25) is 0 Å². The van der Waals surface area contributed by atoms with E-state index in [0.29, 0.717) is 0 Å². The summed E-state index contributed by atoms with van der Waals surface area (Å²) >= 11 is 1.88. The molecule has 1 aliphatic rings. The first-order chi connectivity index (χ1) is 15.9. The molecule has 2 nitrogen and oxygen atoms in total. The molecule has 0 radical (unpaired) electrons. The van der Waals surface area contributed by atoms with E-state index in [-0.39, 0.29) is 6.04 Å². The van der Waals surface area contributed by atoms with Gasteiger partial charge in [-0.25, -0.2) is 0 Å². The highest BCUT2D eigenvalue weighted by atomic mass is 32.2. The fourth-order valence-corrected chi connectivity index (χ4v) is 5.48. The maximum Gasteiger partial charge on any atom is 0.0576 e. The molecule has 5 rings (SSSR count). The first kappa shape index (κ1) is 20.9. The lowest BCUT2D eigenvalue weighted by Gasteiger charge is -2.32. The minimum atomic E-state index is 0.227. The van der Waals surface area contributed by atoms with Crippen molar-refractivity contribution >= 4 is 23.1 Å². The van der Waals surface area contributed by atoms with Gasteiger partial charge < -0.3 is 10.2 Å². The minimum Gasteiger partial charge on any atom is -0.340 e. The van der Waals surface area contributed by atoms with Crippen molar-refractivity contribution in [3.63, 3.8) is 0 Å². The summed E-state index contributed by atoms with van der Waals surface area (Å²) in [4.78, 5) is 5.18. The number of fused-ring (bicyclic) bond motifs is 2. The summed E-state index contributed by atoms with van der Waals surface area (Å²) in [5.41, 5.74) is 5.29. The molecule has 160 valence electrons. The summed E-state index contributed by atoms with van der Waals surface area (Å²) in [6.45, 7) is 2.01. The van der Waals surface area contributed by atoms with Crippen LogP contribution in [0.25, 0.3) is 0 Å². The summed E-state index contributed by atoms with van der Waals surface area (Å²) < 4.78 is 0. The van der Waals surface area contributed by atoms with Gasteiger partial charge in [-0.2, -0.15) is 0 Å². The van der Waals surface area contributed by atoms with Crippen LogP contribution in [0.3, 0.4) is 0 Å². The van der Waals surface area contributed by atoms with E-state index in [0.717, 1.165) is 25.9 Å². The van der Waals surface area contributed by atoms with Gasteiger partial charge in [0.15, 0.2) is 0 Å². The van der Waals surface area contributed by atoms with Crippen molar-refractivity contribution in [3.05, 3.63) is 120 Å². The number of para-hydroxylation sites is 2. The Morgan fingerprint density at radius 3 is 1.66 bits per heavy atom. The van der Waals surface area contributed by atoms with Crippen LogP contribution in [-0.2, 0) is 0 Å². The van der Waals surface area contributed by atoms with Crippen molar-refractivity contribution < 1.29 is 0 Å². The molecule has 1 N–H and O–H groups in total. The third kappa shape index (κ3) is 4.59. The van der Waals surface area contributed by atoms with Gasteiger partial charge in [0, 0.05) is 16.3 Å². The predicted molar refractivity (Wildman–Crippen MR) is 136 cm³/mol. The van der Waals surface area contributed by atoms with Crippen molar-refractivity contribution in [1.29, 1.82) is 0 Å². The van der Waals surface area contributed by atoms with Crippen LogP contribution in [-0.4, -0.2) is 13.1 Å². The minimum absolute atomic E-state index is 0.227. The third-order valence-corrected chi connectivity index (χ3v) is 7.09. The van der Waals surface area contributed by atoms with E-state index in [4.69, 9.17) is 0 Å². The van der Waals surface area contributed by atoms with Gasteiger partial charge in [-0.15, -0.1) is 0 Å². The molecule has 0 unspecified atom stereocenters. The number of hydrogen-bond acceptors (Lipinski definition) is 3. The highest BCUT2D eigenvalue weighted by Crippen LogP contribution is 2.47. The van der Waals surface area contributed by atoms with Gasteiger partial charge in [0.25, 0.3) is 0 Å². The van der Waals surface area contributed by atoms with Gasteiger partial charge in [0.1, 0.15) is 0 Å². The first-order valence-corrected chi connectivity index (χ1v) is 12.2. The Morgan fingerprint density at radius 2 is 1.09 bits per heavy atom. The molecule has 3 heteroatoms. The van der Waals surface area contributed by atoms with Crippen molar-refractivity contribution in [1.82, 2.24) is 5.32 Å². The third-order valence-electron chi connectivity index (χ3n) is 5.95. The second-order valence-electron chi connectivity index (χ2n) is 8.10. The van der Waals surface area contributed by atoms with Crippen molar-refractivity contribution in [2.45, 2.75) is 28.7 Å². The Morgan fingerprint density at radius 1 is 0.594 bits per heavy atom. The van der Waals surface area contributed by atoms with Crippen LogP contribution < -0.4 is 10.2 Å². The lowest BCUT2D eigenvalue weighted by Crippen LogP contribution is -2.25. The molecule has 0 aromatic heterocycles. The SMILES string of the molecule is c1ccc(C(NCCCCN2c3ccccc3Sc3ccccc32)c2ccccc2)cc1. The zero-order valence-corrected chi connectivity index (χ0v) is 19.0. The zero-order chi connectivity index (χ0) is 21.6. The van der Waals surface area contributed by atoms with E-state index in [1.165, 1.54) is 32.3 Å². The highest BCUT2D eigenvalue weighted by Gasteiger charge is 2.22.